The number of hydrogen-bond donors (Lipinski definition) is 3. The van der Waals surface area contributed by atoms with Gasteiger partial charge in [-0.25, -0.2) is 14.2 Å². The monoisotopic (exact) mass is 388 g/mol. The first-order valence-corrected chi connectivity index (χ1v) is 9.98. The minimum Gasteiger partial charge on any atom is -0.366 e. The highest BCUT2D eigenvalue weighted by molar-refractivity contribution is 5.76. The molecule has 1 aromatic carbocycles. The molecule has 0 radical (unpaired) electrons. The highest BCUT2D eigenvalue weighted by Gasteiger charge is 2.19. The van der Waals surface area contributed by atoms with Crippen molar-refractivity contribution in [2.24, 2.45) is 5.73 Å². The van der Waals surface area contributed by atoms with Crippen LogP contribution in [0.25, 0.3) is 11.3 Å². The summed E-state index contributed by atoms with van der Waals surface area (Å²) in [7, 11) is 0. The smallest absolute Gasteiger partial charge is 0.177 e. The maximum absolute atomic E-state index is 6.03. The van der Waals surface area contributed by atoms with E-state index in [1.54, 1.807) is 16.9 Å². The Morgan fingerprint density at radius 3 is 2.59 bits per heavy atom. The molecule has 1 saturated carbocycles. The summed E-state index contributed by atoms with van der Waals surface area (Å²) in [4.78, 5) is 4.45. The Balaban J connectivity index is 1.38. The molecule has 4 aromatic rings. The number of nitrogens with two attached hydrogens (primary N) is 1. The molecule has 8 heteroatoms. The summed E-state index contributed by atoms with van der Waals surface area (Å²) in [5.41, 5.74) is 9.72. The lowest BCUT2D eigenvalue weighted by Crippen LogP contribution is -2.33. The predicted octanol–water partition coefficient (Wildman–Crippen LogP) is 3.34. The molecule has 8 nitrogen and oxygen atoms in total. The van der Waals surface area contributed by atoms with Crippen LogP contribution in [-0.4, -0.2) is 36.5 Å². The largest absolute Gasteiger partial charge is 0.366 e. The van der Waals surface area contributed by atoms with Crippen molar-refractivity contribution in [3.63, 3.8) is 0 Å². The molecular formula is C21H24N8. The first-order valence-electron chi connectivity index (χ1n) is 9.98. The molecule has 0 unspecified atom stereocenters. The molecule has 5 rings (SSSR count). The van der Waals surface area contributed by atoms with Gasteiger partial charge in [0.05, 0.1) is 11.4 Å². The zero-order valence-electron chi connectivity index (χ0n) is 16.1. The van der Waals surface area contributed by atoms with E-state index in [9.17, 15) is 0 Å². The normalized spacial score (nSPS) is 19.3. The molecule has 0 bridgehead atoms. The van der Waals surface area contributed by atoms with Crippen LogP contribution in [0.4, 0.5) is 17.2 Å². The molecule has 0 atom stereocenters. The molecule has 3 heterocycles. The van der Waals surface area contributed by atoms with Gasteiger partial charge in [-0.15, -0.1) is 5.10 Å². The second-order valence-corrected chi connectivity index (χ2v) is 7.52. The topological polar surface area (TPSA) is 98.1 Å². The summed E-state index contributed by atoms with van der Waals surface area (Å²) in [5.74, 6) is 0.839. The first kappa shape index (κ1) is 17.7. The molecule has 0 amide bonds. The van der Waals surface area contributed by atoms with Gasteiger partial charge in [-0.3, -0.25) is 0 Å². The van der Waals surface area contributed by atoms with Crippen LogP contribution in [0.1, 0.15) is 25.7 Å². The van der Waals surface area contributed by atoms with Gasteiger partial charge in [-0.1, -0.05) is 0 Å². The number of aromatic nitrogens is 5. The minimum absolute atomic E-state index is 0.332. The zero-order chi connectivity index (χ0) is 19.6. The van der Waals surface area contributed by atoms with Crippen LogP contribution < -0.4 is 16.4 Å². The SMILES string of the molecule is NC1CCC(Nc2cc(Nc3ccc(-n4cccn4)cc3)c3nccn3n2)CC1. The summed E-state index contributed by atoms with van der Waals surface area (Å²) in [5, 5.41) is 16.0. The average Bonchev–Trinajstić information content (AvgIpc) is 3.42. The number of anilines is 3. The standard InChI is InChI=1S/C21H24N8/c22-15-2-4-17(5-3-15)26-20-14-19(21-23-11-13-29(21)27-20)25-16-6-8-18(9-7-16)28-12-1-10-24-28/h1,6-15,17,25H,2-5,22H2,(H,26,27). The Bertz CT molecular complexity index is 1080. The molecule has 3 aromatic heterocycles. The number of benzene rings is 1. The van der Waals surface area contributed by atoms with Gasteiger partial charge in [0.2, 0.25) is 0 Å². The van der Waals surface area contributed by atoms with Crippen LogP contribution >= 0.6 is 0 Å². The van der Waals surface area contributed by atoms with Gasteiger partial charge in [0, 0.05) is 48.6 Å². The Kier molecular flexibility index (Phi) is 4.61. The quantitative estimate of drug-likeness (QED) is 0.485. The number of rotatable bonds is 5. The lowest BCUT2D eigenvalue weighted by molar-refractivity contribution is 0.410. The maximum Gasteiger partial charge on any atom is 0.177 e. The first-order chi connectivity index (χ1) is 14.2. The number of nitrogens with one attached hydrogen (secondary N) is 2. The predicted molar refractivity (Wildman–Crippen MR) is 114 cm³/mol. The fraction of sp³-hybridized carbons (Fsp3) is 0.286. The van der Waals surface area contributed by atoms with E-state index in [1.165, 1.54) is 0 Å². The van der Waals surface area contributed by atoms with E-state index in [-0.39, 0.29) is 0 Å². The van der Waals surface area contributed by atoms with Crippen LogP contribution in [0.15, 0.2) is 61.2 Å². The van der Waals surface area contributed by atoms with Crippen LogP contribution in [0.5, 0.6) is 0 Å². The average molecular weight is 388 g/mol. The van der Waals surface area contributed by atoms with Crippen molar-refractivity contribution in [2.75, 3.05) is 10.6 Å². The summed E-state index contributed by atoms with van der Waals surface area (Å²) < 4.78 is 3.64. The molecule has 29 heavy (non-hydrogen) atoms. The minimum atomic E-state index is 0.332. The molecule has 1 aliphatic carbocycles. The van der Waals surface area contributed by atoms with Crippen molar-refractivity contribution in [3.05, 3.63) is 61.2 Å². The van der Waals surface area contributed by atoms with E-state index in [4.69, 9.17) is 5.73 Å². The van der Waals surface area contributed by atoms with Gasteiger partial charge in [0.1, 0.15) is 5.82 Å². The lowest BCUT2D eigenvalue weighted by Gasteiger charge is -2.27. The number of imidazole rings is 1. The Morgan fingerprint density at radius 2 is 1.83 bits per heavy atom. The Hall–Kier alpha value is -3.39. The summed E-state index contributed by atoms with van der Waals surface area (Å²) in [6.07, 6.45) is 11.6. The molecule has 0 aliphatic heterocycles. The molecule has 1 fully saturated rings. The summed E-state index contributed by atoms with van der Waals surface area (Å²) in [6, 6.07) is 12.8. The fourth-order valence-electron chi connectivity index (χ4n) is 3.83. The second-order valence-electron chi connectivity index (χ2n) is 7.52. The van der Waals surface area contributed by atoms with Gasteiger partial charge in [0.25, 0.3) is 0 Å². The highest BCUT2D eigenvalue weighted by Crippen LogP contribution is 2.26. The van der Waals surface area contributed by atoms with Crippen molar-refractivity contribution in [2.45, 2.75) is 37.8 Å². The number of hydrogen-bond acceptors (Lipinski definition) is 6. The third kappa shape index (κ3) is 3.79. The van der Waals surface area contributed by atoms with Crippen LogP contribution in [-0.2, 0) is 0 Å². The van der Waals surface area contributed by atoms with Gasteiger partial charge in [-0.2, -0.15) is 5.10 Å². The van der Waals surface area contributed by atoms with E-state index in [1.807, 2.05) is 53.5 Å². The maximum atomic E-state index is 6.03. The van der Waals surface area contributed by atoms with E-state index in [0.717, 1.165) is 54.2 Å². The second kappa shape index (κ2) is 7.56. The van der Waals surface area contributed by atoms with Gasteiger partial charge >= 0.3 is 0 Å². The molecule has 0 spiro atoms. The van der Waals surface area contributed by atoms with E-state index in [0.29, 0.717) is 12.1 Å². The Morgan fingerprint density at radius 1 is 1.00 bits per heavy atom. The van der Waals surface area contributed by atoms with Gasteiger partial charge < -0.3 is 16.4 Å². The molecule has 4 N–H and O–H groups in total. The third-order valence-electron chi connectivity index (χ3n) is 5.40. The summed E-state index contributed by atoms with van der Waals surface area (Å²) in [6.45, 7) is 0. The zero-order valence-corrected chi connectivity index (χ0v) is 16.1. The third-order valence-corrected chi connectivity index (χ3v) is 5.40. The van der Waals surface area contributed by atoms with Crippen molar-refractivity contribution >= 4 is 22.8 Å². The van der Waals surface area contributed by atoms with Crippen LogP contribution in [0, 0.1) is 0 Å². The van der Waals surface area contributed by atoms with Gasteiger partial charge in [0.15, 0.2) is 5.65 Å². The van der Waals surface area contributed by atoms with Gasteiger partial charge in [-0.05, 0) is 56.0 Å². The Labute approximate surface area is 168 Å². The van der Waals surface area contributed by atoms with E-state index >= 15 is 0 Å². The molecular weight excluding hydrogens is 364 g/mol. The number of fused-ring (bicyclic) bond motifs is 1. The lowest BCUT2D eigenvalue weighted by atomic mass is 9.92. The van der Waals surface area contributed by atoms with Crippen molar-refractivity contribution in [1.82, 2.24) is 24.4 Å². The van der Waals surface area contributed by atoms with Crippen molar-refractivity contribution < 1.29 is 0 Å². The highest BCUT2D eigenvalue weighted by atomic mass is 15.3. The van der Waals surface area contributed by atoms with Crippen molar-refractivity contribution in [1.29, 1.82) is 0 Å². The molecule has 0 saturated heterocycles. The number of nitrogens with zero attached hydrogens (tertiary/aromatic N) is 5. The van der Waals surface area contributed by atoms with Crippen molar-refractivity contribution in [3.8, 4) is 5.69 Å². The molecule has 148 valence electrons. The van der Waals surface area contributed by atoms with Crippen LogP contribution in [0.3, 0.4) is 0 Å². The van der Waals surface area contributed by atoms with E-state index in [2.05, 4.69) is 25.8 Å². The fourth-order valence-corrected chi connectivity index (χ4v) is 3.83. The van der Waals surface area contributed by atoms with E-state index < -0.39 is 0 Å². The van der Waals surface area contributed by atoms with Crippen LogP contribution in [0.2, 0.25) is 0 Å². The molecule has 1 aliphatic rings. The summed E-state index contributed by atoms with van der Waals surface area (Å²) >= 11 is 0.